The minimum Gasteiger partial charge on any atom is -0.465 e. The monoisotopic (exact) mass is 284 g/mol. The number of hydrogen-bond acceptors (Lipinski definition) is 2. The summed E-state index contributed by atoms with van der Waals surface area (Å²) in [7, 11) is 0. The summed E-state index contributed by atoms with van der Waals surface area (Å²) in [6.45, 7) is 3.09. The molecule has 1 aromatic carbocycles. The zero-order valence-corrected chi connectivity index (χ0v) is 11.7. The highest BCUT2D eigenvalue weighted by Gasteiger charge is 2.20. The summed E-state index contributed by atoms with van der Waals surface area (Å²) >= 11 is 0. The first kappa shape index (κ1) is 15.8. The van der Waals surface area contributed by atoms with Crippen LogP contribution in [0, 0.1) is 5.92 Å². The van der Waals surface area contributed by atoms with Crippen LogP contribution in [0.5, 0.6) is 0 Å². The molecule has 0 spiro atoms. The van der Waals surface area contributed by atoms with Crippen LogP contribution in [0.2, 0.25) is 0 Å². The number of carbonyl (C=O) groups is 1. The number of amides is 1. The summed E-state index contributed by atoms with van der Waals surface area (Å²) in [6.07, 6.45) is 1.43. The molecule has 1 aliphatic rings. The van der Waals surface area contributed by atoms with E-state index in [1.165, 1.54) is 4.90 Å². The van der Waals surface area contributed by atoms with Gasteiger partial charge >= 0.3 is 6.09 Å². The van der Waals surface area contributed by atoms with Crippen molar-refractivity contribution in [1.82, 2.24) is 10.2 Å². The van der Waals surface area contributed by atoms with Crippen LogP contribution in [0.1, 0.15) is 18.4 Å². The van der Waals surface area contributed by atoms with Crippen molar-refractivity contribution in [2.24, 2.45) is 5.92 Å². The molecule has 4 nitrogen and oxygen atoms in total. The molecule has 1 fully saturated rings. The molecule has 0 unspecified atom stereocenters. The third kappa shape index (κ3) is 5.09. The Hall–Kier alpha value is -1.26. The molecule has 2 rings (SSSR count). The van der Waals surface area contributed by atoms with Gasteiger partial charge in [-0.1, -0.05) is 30.3 Å². The molecule has 1 saturated heterocycles. The van der Waals surface area contributed by atoms with Crippen molar-refractivity contribution in [3.05, 3.63) is 35.9 Å². The lowest BCUT2D eigenvalue weighted by molar-refractivity contribution is 0.129. The summed E-state index contributed by atoms with van der Waals surface area (Å²) in [5.41, 5.74) is 1.05. The van der Waals surface area contributed by atoms with E-state index >= 15 is 0 Å². The lowest BCUT2D eigenvalue weighted by Gasteiger charge is -2.28. The van der Waals surface area contributed by atoms with Crippen LogP contribution < -0.4 is 5.32 Å². The van der Waals surface area contributed by atoms with Crippen LogP contribution >= 0.6 is 12.4 Å². The molecule has 2 N–H and O–H groups in total. The Balaban J connectivity index is 0.00000180. The molecule has 1 amide bonds. The van der Waals surface area contributed by atoms with Crippen molar-refractivity contribution in [2.75, 3.05) is 19.6 Å². The second-order valence-electron chi connectivity index (χ2n) is 4.86. The van der Waals surface area contributed by atoms with Crippen LogP contribution in [-0.2, 0) is 6.54 Å². The molecule has 1 atom stereocenters. The van der Waals surface area contributed by atoms with Gasteiger partial charge in [-0.2, -0.15) is 0 Å². The van der Waals surface area contributed by atoms with E-state index in [9.17, 15) is 9.90 Å². The predicted octanol–water partition coefficient (Wildman–Crippen LogP) is 2.59. The fourth-order valence-electron chi connectivity index (χ4n) is 2.41. The SMILES string of the molecule is Cl.O=C(O)N(Cc1ccccc1)C[C@@H]1CCCNC1. The number of rotatable bonds is 4. The minimum absolute atomic E-state index is 0. The highest BCUT2D eigenvalue weighted by molar-refractivity contribution is 5.85. The van der Waals surface area contributed by atoms with Gasteiger partial charge in [-0.3, -0.25) is 0 Å². The molecule has 1 aromatic rings. The second-order valence-corrected chi connectivity index (χ2v) is 4.86. The molecule has 0 bridgehead atoms. The van der Waals surface area contributed by atoms with Crippen LogP contribution in [0.3, 0.4) is 0 Å². The third-order valence-electron chi connectivity index (χ3n) is 3.36. The average molecular weight is 285 g/mol. The predicted molar refractivity (Wildman–Crippen MR) is 77.7 cm³/mol. The van der Waals surface area contributed by atoms with Gasteiger partial charge in [-0.15, -0.1) is 12.4 Å². The van der Waals surface area contributed by atoms with E-state index in [-0.39, 0.29) is 12.4 Å². The number of carboxylic acid groups (broad SMARTS) is 1. The number of hydrogen-bond donors (Lipinski definition) is 2. The van der Waals surface area contributed by atoms with Crippen molar-refractivity contribution in [3.8, 4) is 0 Å². The fraction of sp³-hybridized carbons (Fsp3) is 0.500. The van der Waals surface area contributed by atoms with E-state index in [2.05, 4.69) is 5.32 Å². The van der Waals surface area contributed by atoms with Crippen LogP contribution in [0.25, 0.3) is 0 Å². The number of halogens is 1. The van der Waals surface area contributed by atoms with Crippen LogP contribution in [0.15, 0.2) is 30.3 Å². The van der Waals surface area contributed by atoms with Crippen LogP contribution in [0.4, 0.5) is 4.79 Å². The van der Waals surface area contributed by atoms with Gasteiger partial charge in [0.2, 0.25) is 0 Å². The Morgan fingerprint density at radius 3 is 2.68 bits per heavy atom. The number of benzene rings is 1. The molecule has 0 radical (unpaired) electrons. The van der Waals surface area contributed by atoms with Crippen molar-refractivity contribution >= 4 is 18.5 Å². The number of nitrogens with one attached hydrogen (secondary N) is 1. The molecule has 1 aliphatic heterocycles. The average Bonchev–Trinajstić information content (AvgIpc) is 2.40. The topological polar surface area (TPSA) is 52.6 Å². The maximum absolute atomic E-state index is 11.3. The highest BCUT2D eigenvalue weighted by atomic mass is 35.5. The molecular weight excluding hydrogens is 264 g/mol. The third-order valence-corrected chi connectivity index (χ3v) is 3.36. The number of nitrogens with zero attached hydrogens (tertiary/aromatic N) is 1. The Bertz CT molecular complexity index is 380. The first-order chi connectivity index (χ1) is 8.75. The quantitative estimate of drug-likeness (QED) is 0.893. The van der Waals surface area contributed by atoms with Crippen molar-refractivity contribution in [2.45, 2.75) is 19.4 Å². The van der Waals surface area contributed by atoms with Gasteiger partial charge in [-0.05, 0) is 37.4 Å². The van der Waals surface area contributed by atoms with Gasteiger partial charge in [0.15, 0.2) is 0 Å². The van der Waals surface area contributed by atoms with E-state index in [4.69, 9.17) is 0 Å². The van der Waals surface area contributed by atoms with Crippen molar-refractivity contribution < 1.29 is 9.90 Å². The first-order valence-electron chi connectivity index (χ1n) is 6.48. The maximum Gasteiger partial charge on any atom is 0.407 e. The standard InChI is InChI=1S/C14H20N2O2.ClH/c17-14(18)16(10-12-5-2-1-3-6-12)11-13-7-4-8-15-9-13;/h1-3,5-6,13,15H,4,7-11H2,(H,17,18);1H/t13-;/m1./s1. The summed E-state index contributed by atoms with van der Waals surface area (Å²) < 4.78 is 0. The Kier molecular flexibility index (Phi) is 6.67. The zero-order valence-electron chi connectivity index (χ0n) is 10.9. The highest BCUT2D eigenvalue weighted by Crippen LogP contribution is 2.14. The van der Waals surface area contributed by atoms with E-state index in [0.29, 0.717) is 19.0 Å². The molecule has 0 saturated carbocycles. The van der Waals surface area contributed by atoms with E-state index < -0.39 is 6.09 Å². The smallest absolute Gasteiger partial charge is 0.407 e. The van der Waals surface area contributed by atoms with E-state index in [0.717, 1.165) is 31.5 Å². The molecule has 0 aromatic heterocycles. The molecule has 5 heteroatoms. The van der Waals surface area contributed by atoms with Gasteiger partial charge in [0, 0.05) is 13.1 Å². The van der Waals surface area contributed by atoms with Gasteiger partial charge in [0.05, 0.1) is 0 Å². The van der Waals surface area contributed by atoms with E-state index in [1.54, 1.807) is 0 Å². The van der Waals surface area contributed by atoms with Crippen LogP contribution in [-0.4, -0.2) is 35.7 Å². The summed E-state index contributed by atoms with van der Waals surface area (Å²) in [5.74, 6) is 0.443. The Labute approximate surface area is 120 Å². The van der Waals surface area contributed by atoms with Gasteiger partial charge < -0.3 is 15.3 Å². The number of piperidine rings is 1. The fourth-order valence-corrected chi connectivity index (χ4v) is 2.41. The zero-order chi connectivity index (χ0) is 12.8. The molecule has 106 valence electrons. The maximum atomic E-state index is 11.3. The molecule has 0 aliphatic carbocycles. The van der Waals surface area contributed by atoms with Gasteiger partial charge in [0.1, 0.15) is 0 Å². The van der Waals surface area contributed by atoms with Gasteiger partial charge in [0.25, 0.3) is 0 Å². The first-order valence-corrected chi connectivity index (χ1v) is 6.48. The molecule has 19 heavy (non-hydrogen) atoms. The lowest BCUT2D eigenvalue weighted by atomic mass is 9.99. The largest absolute Gasteiger partial charge is 0.465 e. The summed E-state index contributed by atoms with van der Waals surface area (Å²) in [4.78, 5) is 12.8. The normalized spacial score (nSPS) is 18.4. The van der Waals surface area contributed by atoms with E-state index in [1.807, 2.05) is 30.3 Å². The summed E-state index contributed by atoms with van der Waals surface area (Å²) in [5, 5.41) is 12.6. The van der Waals surface area contributed by atoms with Crippen molar-refractivity contribution in [3.63, 3.8) is 0 Å². The van der Waals surface area contributed by atoms with Crippen molar-refractivity contribution in [1.29, 1.82) is 0 Å². The lowest BCUT2D eigenvalue weighted by Crippen LogP contribution is -2.40. The Morgan fingerprint density at radius 1 is 1.37 bits per heavy atom. The molecule has 1 heterocycles. The minimum atomic E-state index is -0.829. The second kappa shape index (κ2) is 8.02. The Morgan fingerprint density at radius 2 is 2.11 bits per heavy atom. The van der Waals surface area contributed by atoms with Gasteiger partial charge in [-0.25, -0.2) is 4.79 Å². The summed E-state index contributed by atoms with van der Waals surface area (Å²) in [6, 6.07) is 9.76. The molecular formula is C14H21ClN2O2.